The van der Waals surface area contributed by atoms with Gasteiger partial charge in [0.05, 0.1) is 5.02 Å². The number of carbonyl (C=O) groups excluding carboxylic acids is 1. The van der Waals surface area contributed by atoms with Crippen molar-refractivity contribution in [1.29, 1.82) is 0 Å². The van der Waals surface area contributed by atoms with Gasteiger partial charge < -0.3 is 9.84 Å². The van der Waals surface area contributed by atoms with Crippen LogP contribution in [0.4, 0.5) is 0 Å². The summed E-state index contributed by atoms with van der Waals surface area (Å²) in [7, 11) is 0. The minimum Gasteiger partial charge on any atom is -0.480 e. The molecule has 6 heteroatoms. The highest BCUT2D eigenvalue weighted by Gasteiger charge is 2.25. The second kappa shape index (κ2) is 7.84. The molecule has 0 bridgehead atoms. The van der Waals surface area contributed by atoms with E-state index < -0.39 is 12.6 Å². The molecule has 0 heterocycles. The Morgan fingerprint density at radius 3 is 2.43 bits per heavy atom. The van der Waals surface area contributed by atoms with Crippen LogP contribution in [0.2, 0.25) is 10.0 Å². The third-order valence-corrected chi connectivity index (χ3v) is 4.90. The molecule has 124 valence electrons. The second-order valence-corrected chi connectivity index (χ2v) is 6.37. The van der Waals surface area contributed by atoms with Crippen LogP contribution in [0.1, 0.15) is 42.5 Å². The monoisotopic (exact) mass is 356 g/mol. The third kappa shape index (κ3) is 4.27. The molecule has 0 atom stereocenters. The number of ketones is 1. The van der Waals surface area contributed by atoms with Crippen LogP contribution in [-0.4, -0.2) is 23.5 Å². The number of aliphatic carboxylic acids is 1. The Kier molecular flexibility index (Phi) is 6.08. The maximum atomic E-state index is 12.6. The molecule has 0 saturated heterocycles. The number of hydrogen-bond acceptors (Lipinski definition) is 3. The van der Waals surface area contributed by atoms with Crippen molar-refractivity contribution in [2.75, 3.05) is 6.61 Å². The summed E-state index contributed by atoms with van der Waals surface area (Å²) in [6.45, 7) is 3.42. The molecule has 1 fully saturated rings. The van der Waals surface area contributed by atoms with Gasteiger partial charge in [-0.25, -0.2) is 4.79 Å². The number of halogens is 2. The molecule has 1 aromatic rings. The summed E-state index contributed by atoms with van der Waals surface area (Å²) in [4.78, 5) is 23.2. The normalized spacial score (nSPS) is 15.2. The van der Waals surface area contributed by atoms with Crippen LogP contribution >= 0.6 is 23.2 Å². The fraction of sp³-hybridized carbons (Fsp3) is 0.412. The summed E-state index contributed by atoms with van der Waals surface area (Å²) in [6.07, 6.45) is 5.34. The quantitative estimate of drug-likeness (QED) is 0.588. The first-order valence-corrected chi connectivity index (χ1v) is 8.23. The molecular weight excluding hydrogens is 339 g/mol. The smallest absolute Gasteiger partial charge is 0.341 e. The highest BCUT2D eigenvalue weighted by atomic mass is 35.5. The van der Waals surface area contributed by atoms with Gasteiger partial charge in [-0.1, -0.05) is 49.0 Å². The molecule has 0 radical (unpaired) electrons. The van der Waals surface area contributed by atoms with E-state index in [9.17, 15) is 9.59 Å². The SMILES string of the molecule is C=C(C(=O)c1ccc(OCC(=O)O)c(Cl)c1Cl)C1CCCCC1. The van der Waals surface area contributed by atoms with E-state index in [2.05, 4.69) is 6.58 Å². The van der Waals surface area contributed by atoms with Crippen molar-refractivity contribution in [1.82, 2.24) is 0 Å². The molecule has 1 aliphatic rings. The zero-order valence-electron chi connectivity index (χ0n) is 12.6. The van der Waals surface area contributed by atoms with Crippen molar-refractivity contribution in [3.63, 3.8) is 0 Å². The molecule has 0 amide bonds. The molecule has 1 N–H and O–H groups in total. The Hall–Kier alpha value is -1.52. The number of hydrogen-bond donors (Lipinski definition) is 1. The molecule has 2 rings (SSSR count). The number of allylic oxidation sites excluding steroid dienone is 1. The lowest BCUT2D eigenvalue weighted by molar-refractivity contribution is -0.139. The molecule has 1 saturated carbocycles. The average Bonchev–Trinajstić information content (AvgIpc) is 2.55. The molecule has 0 aliphatic heterocycles. The summed E-state index contributed by atoms with van der Waals surface area (Å²) in [5.41, 5.74) is 0.830. The fourth-order valence-corrected chi connectivity index (χ4v) is 3.23. The number of carboxylic acid groups (broad SMARTS) is 1. The maximum absolute atomic E-state index is 12.6. The first-order chi connectivity index (χ1) is 10.9. The van der Waals surface area contributed by atoms with Gasteiger partial charge in [0.1, 0.15) is 10.8 Å². The minimum atomic E-state index is -1.12. The molecule has 0 unspecified atom stereocenters. The van der Waals surface area contributed by atoms with Gasteiger partial charge in [-0.2, -0.15) is 0 Å². The van der Waals surface area contributed by atoms with Crippen LogP contribution in [0.5, 0.6) is 5.75 Å². The number of ether oxygens (including phenoxy) is 1. The van der Waals surface area contributed by atoms with Crippen molar-refractivity contribution in [2.24, 2.45) is 5.92 Å². The number of carbonyl (C=O) groups is 2. The minimum absolute atomic E-state index is 0.0372. The van der Waals surface area contributed by atoms with Crippen LogP contribution in [0.3, 0.4) is 0 Å². The van der Waals surface area contributed by atoms with Crippen molar-refractivity contribution in [2.45, 2.75) is 32.1 Å². The molecule has 1 aromatic carbocycles. The van der Waals surface area contributed by atoms with E-state index in [1.165, 1.54) is 18.6 Å². The standard InChI is InChI=1S/C17H18Cl2O4/c1-10(11-5-3-2-4-6-11)17(22)12-7-8-13(16(19)15(12)18)23-9-14(20)21/h7-8,11H,1-6,9H2,(H,20,21). The molecule has 4 nitrogen and oxygen atoms in total. The van der Waals surface area contributed by atoms with Crippen molar-refractivity contribution in [3.05, 3.63) is 39.9 Å². The van der Waals surface area contributed by atoms with Crippen LogP contribution in [0.15, 0.2) is 24.3 Å². The first kappa shape index (κ1) is 17.8. The van der Waals surface area contributed by atoms with Crippen LogP contribution < -0.4 is 4.74 Å². The summed E-state index contributed by atoms with van der Waals surface area (Å²) < 4.78 is 5.04. The fourth-order valence-electron chi connectivity index (χ4n) is 2.77. The lowest BCUT2D eigenvalue weighted by Gasteiger charge is -2.23. The molecule has 1 aliphatic carbocycles. The third-order valence-electron chi connectivity index (χ3n) is 4.03. The molecule has 23 heavy (non-hydrogen) atoms. The van der Waals surface area contributed by atoms with Gasteiger partial charge >= 0.3 is 5.97 Å². The Bertz CT molecular complexity index is 634. The Morgan fingerprint density at radius 1 is 1.17 bits per heavy atom. The first-order valence-electron chi connectivity index (χ1n) is 7.48. The van der Waals surface area contributed by atoms with E-state index in [4.69, 9.17) is 33.0 Å². The van der Waals surface area contributed by atoms with Crippen molar-refractivity contribution in [3.8, 4) is 5.75 Å². The molecule has 0 spiro atoms. The molecule has 0 aromatic heterocycles. The Balaban J connectivity index is 2.18. The van der Waals surface area contributed by atoms with Crippen LogP contribution in [0, 0.1) is 5.92 Å². The lowest BCUT2D eigenvalue weighted by atomic mass is 9.81. The number of Topliss-reactive ketones (excluding diaryl/α,β-unsaturated/α-hetero) is 1. The van der Waals surface area contributed by atoms with E-state index in [1.54, 1.807) is 0 Å². The predicted octanol–water partition coefficient (Wildman–Crippen LogP) is 4.78. The van der Waals surface area contributed by atoms with Crippen LogP contribution in [-0.2, 0) is 4.79 Å². The van der Waals surface area contributed by atoms with Gasteiger partial charge in [-0.05, 0) is 36.5 Å². The van der Waals surface area contributed by atoms with E-state index >= 15 is 0 Å². The van der Waals surface area contributed by atoms with Crippen molar-refractivity contribution >= 4 is 35.0 Å². The van der Waals surface area contributed by atoms with Gasteiger partial charge in [0.2, 0.25) is 0 Å². The average molecular weight is 357 g/mol. The van der Waals surface area contributed by atoms with E-state index in [-0.39, 0.29) is 33.1 Å². The van der Waals surface area contributed by atoms with Crippen molar-refractivity contribution < 1.29 is 19.4 Å². The second-order valence-electron chi connectivity index (χ2n) is 5.61. The summed E-state index contributed by atoms with van der Waals surface area (Å²) in [5, 5.41) is 8.73. The van der Waals surface area contributed by atoms with Gasteiger partial charge in [0.15, 0.2) is 12.4 Å². The van der Waals surface area contributed by atoms with Gasteiger partial charge in [-0.3, -0.25) is 4.79 Å². The van der Waals surface area contributed by atoms with Gasteiger partial charge in [0.25, 0.3) is 0 Å². The van der Waals surface area contributed by atoms with E-state index in [0.717, 1.165) is 25.7 Å². The largest absolute Gasteiger partial charge is 0.480 e. The maximum Gasteiger partial charge on any atom is 0.341 e. The van der Waals surface area contributed by atoms with Gasteiger partial charge in [0, 0.05) is 5.56 Å². The summed E-state index contributed by atoms with van der Waals surface area (Å²) in [6, 6.07) is 2.96. The predicted molar refractivity (Wildman–Crippen MR) is 89.6 cm³/mol. The Labute approximate surface area is 145 Å². The highest BCUT2D eigenvalue weighted by Crippen LogP contribution is 2.37. The highest BCUT2D eigenvalue weighted by molar-refractivity contribution is 6.45. The zero-order valence-corrected chi connectivity index (χ0v) is 14.1. The van der Waals surface area contributed by atoms with Crippen LogP contribution in [0.25, 0.3) is 0 Å². The van der Waals surface area contributed by atoms with E-state index in [0.29, 0.717) is 5.57 Å². The lowest BCUT2D eigenvalue weighted by Crippen LogP contribution is -2.16. The summed E-state index contributed by atoms with van der Waals surface area (Å²) >= 11 is 12.3. The number of carboxylic acids is 1. The summed E-state index contributed by atoms with van der Waals surface area (Å²) in [5.74, 6) is -1.01. The molecular formula is C17H18Cl2O4. The number of benzene rings is 1. The zero-order chi connectivity index (χ0) is 17.0. The van der Waals surface area contributed by atoms with E-state index in [1.807, 2.05) is 0 Å². The van der Waals surface area contributed by atoms with Gasteiger partial charge in [-0.15, -0.1) is 0 Å². The topological polar surface area (TPSA) is 63.6 Å². The Morgan fingerprint density at radius 2 is 1.83 bits per heavy atom. The number of rotatable bonds is 6.